The van der Waals surface area contributed by atoms with Gasteiger partial charge in [-0.1, -0.05) is 30.3 Å². The standard InChI is InChI=1S/C12H14N4/c13-8-9-14-12-7-6-11(15-16-12)10-4-2-1-3-5-10/h1-7H,8-9,13H2,(H,14,16). The van der Waals surface area contributed by atoms with E-state index < -0.39 is 0 Å². The van der Waals surface area contributed by atoms with Crippen LogP contribution < -0.4 is 11.1 Å². The van der Waals surface area contributed by atoms with Gasteiger partial charge in [-0.3, -0.25) is 0 Å². The normalized spacial score (nSPS) is 10.1. The fraction of sp³-hybridized carbons (Fsp3) is 0.167. The minimum Gasteiger partial charge on any atom is -0.367 e. The molecule has 1 aromatic carbocycles. The molecule has 3 N–H and O–H groups in total. The van der Waals surface area contributed by atoms with Crippen molar-refractivity contribution < 1.29 is 0 Å². The van der Waals surface area contributed by atoms with Crippen LogP contribution in [0.2, 0.25) is 0 Å². The minimum absolute atomic E-state index is 0.585. The van der Waals surface area contributed by atoms with Crippen LogP contribution in [-0.2, 0) is 0 Å². The van der Waals surface area contributed by atoms with Crippen molar-refractivity contribution in [1.82, 2.24) is 10.2 Å². The summed E-state index contributed by atoms with van der Waals surface area (Å²) in [5, 5.41) is 11.3. The molecule has 0 saturated carbocycles. The second-order valence-corrected chi connectivity index (χ2v) is 3.39. The van der Waals surface area contributed by atoms with Gasteiger partial charge in [0, 0.05) is 18.7 Å². The van der Waals surface area contributed by atoms with E-state index in [1.54, 1.807) is 0 Å². The van der Waals surface area contributed by atoms with Crippen molar-refractivity contribution in [1.29, 1.82) is 0 Å². The average Bonchev–Trinajstić information content (AvgIpc) is 2.38. The fourth-order valence-electron chi connectivity index (χ4n) is 1.39. The molecule has 0 saturated heterocycles. The first-order chi connectivity index (χ1) is 7.90. The molecular formula is C12H14N4. The van der Waals surface area contributed by atoms with Crippen molar-refractivity contribution in [2.24, 2.45) is 5.73 Å². The smallest absolute Gasteiger partial charge is 0.148 e. The molecule has 4 heteroatoms. The van der Waals surface area contributed by atoms with E-state index in [1.165, 1.54) is 0 Å². The number of rotatable bonds is 4. The first kappa shape index (κ1) is 10.6. The van der Waals surface area contributed by atoms with Gasteiger partial charge in [-0.25, -0.2) is 0 Å². The number of nitrogens with zero attached hydrogens (tertiary/aromatic N) is 2. The summed E-state index contributed by atoms with van der Waals surface area (Å²) in [4.78, 5) is 0. The molecule has 0 aliphatic heterocycles. The summed E-state index contributed by atoms with van der Waals surface area (Å²) in [6.07, 6.45) is 0. The molecule has 0 fully saturated rings. The van der Waals surface area contributed by atoms with E-state index in [-0.39, 0.29) is 0 Å². The Labute approximate surface area is 94.5 Å². The van der Waals surface area contributed by atoms with Crippen LogP contribution in [0.1, 0.15) is 0 Å². The van der Waals surface area contributed by atoms with Crippen LogP contribution >= 0.6 is 0 Å². The van der Waals surface area contributed by atoms with Crippen LogP contribution in [0.25, 0.3) is 11.3 Å². The number of anilines is 1. The topological polar surface area (TPSA) is 63.8 Å². The Morgan fingerprint density at radius 2 is 1.81 bits per heavy atom. The zero-order valence-electron chi connectivity index (χ0n) is 8.93. The summed E-state index contributed by atoms with van der Waals surface area (Å²) in [6.45, 7) is 1.29. The Hall–Kier alpha value is -1.94. The monoisotopic (exact) mass is 214 g/mol. The lowest BCUT2D eigenvalue weighted by molar-refractivity contribution is 0.974. The summed E-state index contributed by atoms with van der Waals surface area (Å²) in [5.74, 6) is 0.755. The maximum Gasteiger partial charge on any atom is 0.148 e. The molecular weight excluding hydrogens is 200 g/mol. The van der Waals surface area contributed by atoms with E-state index in [1.807, 2.05) is 42.5 Å². The van der Waals surface area contributed by atoms with E-state index in [2.05, 4.69) is 15.5 Å². The molecule has 0 unspecified atom stereocenters. The van der Waals surface area contributed by atoms with Crippen LogP contribution in [0, 0.1) is 0 Å². The van der Waals surface area contributed by atoms with Crippen molar-refractivity contribution in [3.05, 3.63) is 42.5 Å². The molecule has 0 atom stereocenters. The van der Waals surface area contributed by atoms with Gasteiger partial charge in [-0.2, -0.15) is 0 Å². The van der Waals surface area contributed by atoms with E-state index in [4.69, 9.17) is 5.73 Å². The molecule has 0 amide bonds. The number of nitrogens with two attached hydrogens (primary N) is 1. The van der Waals surface area contributed by atoms with Gasteiger partial charge in [0.2, 0.25) is 0 Å². The van der Waals surface area contributed by atoms with Crippen LogP contribution in [0.3, 0.4) is 0 Å². The fourth-order valence-corrected chi connectivity index (χ4v) is 1.39. The highest BCUT2D eigenvalue weighted by Crippen LogP contribution is 2.15. The van der Waals surface area contributed by atoms with Crippen molar-refractivity contribution in [3.8, 4) is 11.3 Å². The van der Waals surface area contributed by atoms with Gasteiger partial charge in [0.25, 0.3) is 0 Å². The molecule has 82 valence electrons. The Kier molecular flexibility index (Phi) is 3.46. The second kappa shape index (κ2) is 5.23. The lowest BCUT2D eigenvalue weighted by atomic mass is 10.1. The van der Waals surface area contributed by atoms with E-state index in [0.29, 0.717) is 13.1 Å². The Balaban J connectivity index is 2.13. The van der Waals surface area contributed by atoms with Gasteiger partial charge in [-0.05, 0) is 12.1 Å². The number of nitrogens with one attached hydrogen (secondary N) is 1. The Morgan fingerprint density at radius 3 is 2.44 bits per heavy atom. The lowest BCUT2D eigenvalue weighted by Gasteiger charge is -2.03. The summed E-state index contributed by atoms with van der Waals surface area (Å²) in [6, 6.07) is 13.8. The third-order valence-electron chi connectivity index (χ3n) is 2.18. The van der Waals surface area contributed by atoms with Crippen molar-refractivity contribution in [2.75, 3.05) is 18.4 Å². The molecule has 0 radical (unpaired) electrons. The number of benzene rings is 1. The molecule has 16 heavy (non-hydrogen) atoms. The van der Waals surface area contributed by atoms with Crippen LogP contribution in [0.4, 0.5) is 5.82 Å². The van der Waals surface area contributed by atoms with E-state index in [0.717, 1.165) is 17.1 Å². The zero-order valence-corrected chi connectivity index (χ0v) is 8.93. The molecule has 4 nitrogen and oxygen atoms in total. The first-order valence-corrected chi connectivity index (χ1v) is 5.23. The van der Waals surface area contributed by atoms with Gasteiger partial charge in [0.15, 0.2) is 0 Å². The SMILES string of the molecule is NCCNc1ccc(-c2ccccc2)nn1. The summed E-state index contributed by atoms with van der Waals surface area (Å²) >= 11 is 0. The van der Waals surface area contributed by atoms with Crippen molar-refractivity contribution in [2.45, 2.75) is 0 Å². The van der Waals surface area contributed by atoms with Gasteiger partial charge in [-0.15, -0.1) is 10.2 Å². The largest absolute Gasteiger partial charge is 0.367 e. The van der Waals surface area contributed by atoms with Crippen molar-refractivity contribution >= 4 is 5.82 Å². The molecule has 0 bridgehead atoms. The molecule has 0 spiro atoms. The number of hydrogen-bond donors (Lipinski definition) is 2. The van der Waals surface area contributed by atoms with Gasteiger partial charge in [0.05, 0.1) is 5.69 Å². The van der Waals surface area contributed by atoms with Crippen LogP contribution in [0.15, 0.2) is 42.5 Å². The van der Waals surface area contributed by atoms with E-state index in [9.17, 15) is 0 Å². The van der Waals surface area contributed by atoms with Crippen LogP contribution in [0.5, 0.6) is 0 Å². The molecule has 0 aliphatic carbocycles. The lowest BCUT2D eigenvalue weighted by Crippen LogP contribution is -2.14. The molecule has 1 aromatic heterocycles. The average molecular weight is 214 g/mol. The first-order valence-electron chi connectivity index (χ1n) is 5.23. The maximum absolute atomic E-state index is 5.39. The Bertz CT molecular complexity index is 425. The van der Waals surface area contributed by atoms with E-state index >= 15 is 0 Å². The van der Waals surface area contributed by atoms with Gasteiger partial charge >= 0.3 is 0 Å². The van der Waals surface area contributed by atoms with Gasteiger partial charge < -0.3 is 11.1 Å². The number of aromatic nitrogens is 2. The zero-order chi connectivity index (χ0) is 11.2. The molecule has 1 heterocycles. The highest BCUT2D eigenvalue weighted by Gasteiger charge is 1.99. The Morgan fingerprint density at radius 1 is 1.00 bits per heavy atom. The molecule has 2 aromatic rings. The molecule has 0 aliphatic rings. The van der Waals surface area contributed by atoms with Crippen molar-refractivity contribution in [3.63, 3.8) is 0 Å². The summed E-state index contributed by atoms with van der Waals surface area (Å²) < 4.78 is 0. The quantitative estimate of drug-likeness (QED) is 0.809. The number of hydrogen-bond acceptors (Lipinski definition) is 4. The third kappa shape index (κ3) is 2.55. The third-order valence-corrected chi connectivity index (χ3v) is 2.18. The highest BCUT2D eigenvalue weighted by molar-refractivity contribution is 5.59. The van der Waals surface area contributed by atoms with Gasteiger partial charge in [0.1, 0.15) is 5.82 Å². The second-order valence-electron chi connectivity index (χ2n) is 3.39. The summed E-state index contributed by atoms with van der Waals surface area (Å²) in [7, 11) is 0. The minimum atomic E-state index is 0.585. The summed E-state index contributed by atoms with van der Waals surface area (Å²) in [5.41, 5.74) is 7.33. The molecule has 2 rings (SSSR count). The predicted octanol–water partition coefficient (Wildman–Crippen LogP) is 1.51. The predicted molar refractivity (Wildman–Crippen MR) is 65.0 cm³/mol. The highest BCUT2D eigenvalue weighted by atomic mass is 15.2. The van der Waals surface area contributed by atoms with Crippen LogP contribution in [-0.4, -0.2) is 23.3 Å². The maximum atomic E-state index is 5.39.